The number of nitrogens with zero attached hydrogens (tertiary/aromatic N) is 5. The zero-order chi connectivity index (χ0) is 16.2. The van der Waals surface area contributed by atoms with Gasteiger partial charge < -0.3 is 9.64 Å². The van der Waals surface area contributed by atoms with Crippen LogP contribution >= 0.6 is 0 Å². The average Bonchev–Trinajstić information content (AvgIpc) is 2.99. The molecular weight excluding hydrogens is 294 g/mol. The van der Waals surface area contributed by atoms with Crippen molar-refractivity contribution in [1.82, 2.24) is 20.2 Å². The van der Waals surface area contributed by atoms with Crippen molar-refractivity contribution in [2.45, 2.75) is 44.6 Å². The van der Waals surface area contributed by atoms with Crippen LogP contribution in [0.25, 0.3) is 0 Å². The maximum atomic E-state index is 11.3. The Labute approximate surface area is 136 Å². The first-order valence-corrected chi connectivity index (χ1v) is 8.24. The number of esters is 1. The second kappa shape index (κ2) is 6.99. The first-order chi connectivity index (χ1) is 11.2. The van der Waals surface area contributed by atoms with Gasteiger partial charge in [0, 0.05) is 25.9 Å². The van der Waals surface area contributed by atoms with Crippen molar-refractivity contribution in [1.29, 1.82) is 0 Å². The molecule has 1 aromatic heterocycles. The van der Waals surface area contributed by atoms with E-state index >= 15 is 0 Å². The number of methoxy groups -OCH3 is 1. The number of rotatable bonds is 5. The minimum atomic E-state index is -0.140. The summed E-state index contributed by atoms with van der Waals surface area (Å²) in [6.45, 7) is 1.89. The fourth-order valence-electron chi connectivity index (χ4n) is 3.60. The minimum absolute atomic E-state index is 0.140. The molecule has 1 saturated heterocycles. The number of tetrazole rings is 1. The lowest BCUT2D eigenvalue weighted by Crippen LogP contribution is -2.39. The molecule has 23 heavy (non-hydrogen) atoms. The van der Waals surface area contributed by atoms with Crippen molar-refractivity contribution in [2.75, 3.05) is 25.1 Å². The highest BCUT2D eigenvalue weighted by molar-refractivity contribution is 5.69. The van der Waals surface area contributed by atoms with Gasteiger partial charge in [-0.05, 0) is 47.9 Å². The number of hydrogen-bond acceptors (Lipinski definition) is 6. The highest BCUT2D eigenvalue weighted by atomic mass is 16.5. The molecule has 1 unspecified atom stereocenters. The van der Waals surface area contributed by atoms with Crippen LogP contribution in [0.1, 0.15) is 44.6 Å². The molecule has 7 heteroatoms. The third-order valence-corrected chi connectivity index (χ3v) is 4.92. The zero-order valence-electron chi connectivity index (χ0n) is 13.5. The predicted molar refractivity (Wildman–Crippen MR) is 84.6 cm³/mol. The van der Waals surface area contributed by atoms with Gasteiger partial charge >= 0.3 is 5.97 Å². The van der Waals surface area contributed by atoms with Crippen LogP contribution < -0.4 is 4.90 Å². The molecule has 2 heterocycles. The van der Waals surface area contributed by atoms with Gasteiger partial charge in [-0.1, -0.05) is 5.10 Å². The quantitative estimate of drug-likeness (QED) is 0.604. The summed E-state index contributed by atoms with van der Waals surface area (Å²) in [6.07, 6.45) is 10.9. The van der Waals surface area contributed by atoms with Crippen LogP contribution in [0.4, 0.5) is 5.95 Å². The zero-order valence-corrected chi connectivity index (χ0v) is 13.5. The van der Waals surface area contributed by atoms with Gasteiger partial charge in [-0.15, -0.1) is 12.3 Å². The Bertz CT molecular complexity index is 588. The molecule has 7 nitrogen and oxygen atoms in total. The highest BCUT2D eigenvalue weighted by Crippen LogP contribution is 2.41. The molecule has 1 saturated carbocycles. The Hall–Kier alpha value is -2.10. The summed E-state index contributed by atoms with van der Waals surface area (Å²) in [7, 11) is 1.43. The maximum absolute atomic E-state index is 11.3. The number of terminal acetylenes is 1. The smallest absolute Gasteiger partial charge is 0.305 e. The monoisotopic (exact) mass is 317 g/mol. The third kappa shape index (κ3) is 3.46. The van der Waals surface area contributed by atoms with Gasteiger partial charge in [0.2, 0.25) is 5.95 Å². The van der Waals surface area contributed by atoms with E-state index in [1.807, 2.05) is 4.68 Å². The van der Waals surface area contributed by atoms with Crippen molar-refractivity contribution in [3.63, 3.8) is 0 Å². The molecular formula is C16H23N5O2. The van der Waals surface area contributed by atoms with Gasteiger partial charge in [0.1, 0.15) is 0 Å². The lowest BCUT2D eigenvalue weighted by atomic mass is 9.78. The standard InChI is InChI=1S/C16H23N5O2/c1-3-5-12-6-4-7-20(11-12)16-17-18-19-21(16)14-8-13(9-14)10-15(22)23-2/h1,12-14H,4-11H2,2H3. The van der Waals surface area contributed by atoms with E-state index < -0.39 is 0 Å². The van der Waals surface area contributed by atoms with E-state index in [1.54, 1.807) is 0 Å². The summed E-state index contributed by atoms with van der Waals surface area (Å²) in [6, 6.07) is 0.280. The molecule has 0 bridgehead atoms. The molecule has 0 N–H and O–H groups in total. The Morgan fingerprint density at radius 1 is 1.43 bits per heavy atom. The summed E-state index contributed by atoms with van der Waals surface area (Å²) >= 11 is 0. The number of carbonyl (C=O) groups is 1. The number of ether oxygens (including phenoxy) is 1. The van der Waals surface area contributed by atoms with E-state index in [0.717, 1.165) is 44.7 Å². The summed E-state index contributed by atoms with van der Waals surface area (Å²) in [5.41, 5.74) is 0. The molecule has 0 amide bonds. The topological polar surface area (TPSA) is 73.1 Å². The Morgan fingerprint density at radius 3 is 3.00 bits per heavy atom. The molecule has 1 aromatic rings. The molecule has 0 spiro atoms. The van der Waals surface area contributed by atoms with E-state index in [-0.39, 0.29) is 12.0 Å². The summed E-state index contributed by atoms with van der Waals surface area (Å²) < 4.78 is 6.65. The molecule has 2 fully saturated rings. The Morgan fingerprint density at radius 2 is 2.26 bits per heavy atom. The molecule has 3 rings (SSSR count). The fraction of sp³-hybridized carbons (Fsp3) is 0.750. The molecule has 2 aliphatic rings. The average molecular weight is 317 g/mol. The van der Waals surface area contributed by atoms with E-state index in [9.17, 15) is 4.79 Å². The van der Waals surface area contributed by atoms with E-state index in [1.165, 1.54) is 13.5 Å². The molecule has 124 valence electrons. The van der Waals surface area contributed by atoms with Crippen LogP contribution in [0.15, 0.2) is 0 Å². The van der Waals surface area contributed by atoms with Crippen LogP contribution in [0.3, 0.4) is 0 Å². The van der Waals surface area contributed by atoms with Crippen molar-refractivity contribution in [2.24, 2.45) is 11.8 Å². The van der Waals surface area contributed by atoms with Gasteiger partial charge in [-0.3, -0.25) is 4.79 Å². The summed E-state index contributed by atoms with van der Waals surface area (Å²) in [5, 5.41) is 12.3. The number of carbonyl (C=O) groups excluding carboxylic acids is 1. The first-order valence-electron chi connectivity index (χ1n) is 8.24. The fourth-order valence-corrected chi connectivity index (χ4v) is 3.60. The Balaban J connectivity index is 1.60. The van der Waals surface area contributed by atoms with Gasteiger partial charge in [0.15, 0.2) is 0 Å². The van der Waals surface area contributed by atoms with E-state index in [0.29, 0.717) is 18.3 Å². The molecule has 0 radical (unpaired) electrons. The normalized spacial score (nSPS) is 27.1. The number of piperidine rings is 1. The minimum Gasteiger partial charge on any atom is -0.469 e. The van der Waals surface area contributed by atoms with Crippen molar-refractivity contribution in [3.8, 4) is 12.3 Å². The molecule has 1 aliphatic carbocycles. The molecule has 0 aromatic carbocycles. The van der Waals surface area contributed by atoms with Crippen LogP contribution in [0.2, 0.25) is 0 Å². The van der Waals surface area contributed by atoms with Crippen LogP contribution in [-0.2, 0) is 9.53 Å². The van der Waals surface area contributed by atoms with Crippen molar-refractivity contribution >= 4 is 11.9 Å². The largest absolute Gasteiger partial charge is 0.469 e. The van der Waals surface area contributed by atoms with Crippen LogP contribution in [0.5, 0.6) is 0 Å². The van der Waals surface area contributed by atoms with E-state index in [4.69, 9.17) is 11.2 Å². The van der Waals surface area contributed by atoms with Gasteiger partial charge in [-0.25, -0.2) is 4.68 Å². The first kappa shape index (κ1) is 15.8. The number of anilines is 1. The van der Waals surface area contributed by atoms with Gasteiger partial charge in [0.05, 0.1) is 13.2 Å². The Kier molecular flexibility index (Phi) is 4.79. The maximum Gasteiger partial charge on any atom is 0.305 e. The summed E-state index contributed by atoms with van der Waals surface area (Å²) in [4.78, 5) is 13.6. The van der Waals surface area contributed by atoms with Gasteiger partial charge in [-0.2, -0.15) is 0 Å². The van der Waals surface area contributed by atoms with Crippen molar-refractivity contribution in [3.05, 3.63) is 0 Å². The van der Waals surface area contributed by atoms with Crippen LogP contribution in [-0.4, -0.2) is 46.4 Å². The van der Waals surface area contributed by atoms with Crippen molar-refractivity contribution < 1.29 is 9.53 Å². The summed E-state index contributed by atoms with van der Waals surface area (Å²) in [5.74, 6) is 4.36. The van der Waals surface area contributed by atoms with Gasteiger partial charge in [0.25, 0.3) is 0 Å². The number of hydrogen-bond donors (Lipinski definition) is 0. The number of aromatic nitrogens is 4. The van der Waals surface area contributed by atoms with Crippen LogP contribution in [0, 0.1) is 24.2 Å². The highest BCUT2D eigenvalue weighted by Gasteiger charge is 2.36. The second-order valence-electron chi connectivity index (χ2n) is 6.56. The lowest BCUT2D eigenvalue weighted by Gasteiger charge is -2.37. The second-order valence-corrected chi connectivity index (χ2v) is 6.56. The molecule has 1 atom stereocenters. The van der Waals surface area contributed by atoms with E-state index in [2.05, 4.69) is 26.3 Å². The third-order valence-electron chi connectivity index (χ3n) is 4.92. The molecule has 1 aliphatic heterocycles. The lowest BCUT2D eigenvalue weighted by molar-refractivity contribution is -0.142. The SMILES string of the molecule is C#CCC1CCCN(c2nnnn2C2CC(CC(=O)OC)C2)C1. The predicted octanol–water partition coefficient (Wildman–Crippen LogP) is 1.43.